The van der Waals surface area contributed by atoms with Gasteiger partial charge in [0.2, 0.25) is 0 Å². The van der Waals surface area contributed by atoms with Gasteiger partial charge in [-0.15, -0.1) is 0 Å². The lowest BCUT2D eigenvalue weighted by Gasteiger charge is -2.06. The van der Waals surface area contributed by atoms with Gasteiger partial charge in [0.25, 0.3) is 0 Å². The highest BCUT2D eigenvalue weighted by molar-refractivity contribution is 9.10. The Kier molecular flexibility index (Phi) is 3.75. The molecule has 0 aliphatic carbocycles. The molecule has 0 amide bonds. The minimum Gasteiger partial charge on any atom is -0.464 e. The van der Waals surface area contributed by atoms with Gasteiger partial charge >= 0.3 is 0 Å². The van der Waals surface area contributed by atoms with Gasteiger partial charge in [-0.3, -0.25) is 0 Å². The zero-order valence-electron chi connectivity index (χ0n) is 7.75. The van der Waals surface area contributed by atoms with E-state index in [1.165, 1.54) is 0 Å². The zero-order chi connectivity index (χ0) is 9.84. The van der Waals surface area contributed by atoms with Crippen molar-refractivity contribution in [2.45, 2.75) is 13.8 Å². The third kappa shape index (κ3) is 2.71. The Balaban J connectivity index is 2.91. The second-order valence-electron chi connectivity index (χ2n) is 3.16. The van der Waals surface area contributed by atoms with Gasteiger partial charge < -0.3 is 9.52 Å². The summed E-state index contributed by atoms with van der Waals surface area (Å²) in [5.41, 5.74) is 0.968. The van der Waals surface area contributed by atoms with E-state index in [9.17, 15) is 0 Å². The molecular weight excluding hydrogens is 232 g/mol. The molecule has 1 heterocycles. The Morgan fingerprint density at radius 1 is 1.69 bits per heavy atom. The summed E-state index contributed by atoms with van der Waals surface area (Å²) in [6.45, 7) is 4.16. The molecule has 0 aliphatic heterocycles. The fourth-order valence-corrected chi connectivity index (χ4v) is 1.29. The summed E-state index contributed by atoms with van der Waals surface area (Å²) in [4.78, 5) is 0. The van der Waals surface area contributed by atoms with E-state index in [4.69, 9.17) is 9.52 Å². The van der Waals surface area contributed by atoms with Gasteiger partial charge in [-0.05, 0) is 39.6 Å². The first-order valence-corrected chi connectivity index (χ1v) is 4.98. The molecule has 13 heavy (non-hydrogen) atoms. The van der Waals surface area contributed by atoms with Crippen molar-refractivity contribution in [3.05, 3.63) is 28.1 Å². The van der Waals surface area contributed by atoms with Crippen LogP contribution in [0.15, 0.2) is 26.8 Å². The molecule has 1 rings (SSSR count). The van der Waals surface area contributed by atoms with Crippen molar-refractivity contribution in [3.63, 3.8) is 0 Å². The highest BCUT2D eigenvalue weighted by atomic mass is 79.9. The first-order valence-electron chi connectivity index (χ1n) is 4.19. The minimum atomic E-state index is 0.0742. The van der Waals surface area contributed by atoms with E-state index in [1.807, 2.05) is 26.0 Å². The first kappa shape index (κ1) is 10.5. The summed E-state index contributed by atoms with van der Waals surface area (Å²) in [6, 6.07) is 1.83. The quantitative estimate of drug-likeness (QED) is 0.887. The van der Waals surface area contributed by atoms with Crippen molar-refractivity contribution >= 4 is 22.0 Å². The molecular formula is C10H13BrO2. The van der Waals surface area contributed by atoms with Crippen molar-refractivity contribution in [3.8, 4) is 0 Å². The number of hydrogen-bond acceptors (Lipinski definition) is 2. The van der Waals surface area contributed by atoms with Crippen molar-refractivity contribution in [1.82, 2.24) is 0 Å². The minimum absolute atomic E-state index is 0.0742. The second-order valence-corrected chi connectivity index (χ2v) is 4.02. The molecule has 0 aliphatic rings. The molecule has 0 saturated heterocycles. The van der Waals surface area contributed by atoms with Gasteiger partial charge in [0.05, 0.1) is 17.3 Å². The number of halogens is 1. The van der Waals surface area contributed by atoms with Crippen molar-refractivity contribution < 1.29 is 9.52 Å². The summed E-state index contributed by atoms with van der Waals surface area (Å²) in [5.74, 6) is 1.10. The summed E-state index contributed by atoms with van der Waals surface area (Å²) in [6.07, 6.45) is 3.49. The van der Waals surface area contributed by atoms with Crippen LogP contribution in [-0.4, -0.2) is 11.7 Å². The molecule has 0 radical (unpaired) electrons. The molecule has 0 saturated carbocycles. The SMILES string of the molecule is CC(C)/C(=C/c1occc1Br)CO. The molecule has 1 aromatic rings. The molecule has 0 aromatic carbocycles. The van der Waals surface area contributed by atoms with Gasteiger partial charge in [-0.1, -0.05) is 13.8 Å². The van der Waals surface area contributed by atoms with Crippen molar-refractivity contribution in [1.29, 1.82) is 0 Å². The Bertz CT molecular complexity index is 300. The first-order chi connectivity index (χ1) is 6.15. The van der Waals surface area contributed by atoms with Crippen LogP contribution in [0.1, 0.15) is 19.6 Å². The summed E-state index contributed by atoms with van der Waals surface area (Å²) < 4.78 is 6.13. The van der Waals surface area contributed by atoms with Crippen LogP contribution in [0.3, 0.4) is 0 Å². The molecule has 0 fully saturated rings. The Morgan fingerprint density at radius 2 is 2.38 bits per heavy atom. The smallest absolute Gasteiger partial charge is 0.140 e. The van der Waals surface area contributed by atoms with E-state index >= 15 is 0 Å². The van der Waals surface area contributed by atoms with Crippen LogP contribution < -0.4 is 0 Å². The Hall–Kier alpha value is -0.540. The van der Waals surface area contributed by atoms with Crippen LogP contribution in [-0.2, 0) is 0 Å². The van der Waals surface area contributed by atoms with E-state index in [0.717, 1.165) is 15.8 Å². The summed E-state index contributed by atoms with van der Waals surface area (Å²) in [5, 5.41) is 9.06. The molecule has 72 valence electrons. The number of furan rings is 1. The lowest BCUT2D eigenvalue weighted by atomic mass is 10.0. The third-order valence-electron chi connectivity index (χ3n) is 1.89. The van der Waals surface area contributed by atoms with Crippen LogP contribution in [0.4, 0.5) is 0 Å². The highest BCUT2D eigenvalue weighted by Gasteiger charge is 2.05. The lowest BCUT2D eigenvalue weighted by molar-refractivity contribution is 0.320. The highest BCUT2D eigenvalue weighted by Crippen LogP contribution is 2.22. The molecule has 0 spiro atoms. The number of aliphatic hydroxyl groups excluding tert-OH is 1. The van der Waals surface area contributed by atoms with Crippen molar-refractivity contribution in [2.24, 2.45) is 5.92 Å². The Labute approximate surface area is 86.4 Å². The van der Waals surface area contributed by atoms with Crippen LogP contribution in [0.25, 0.3) is 6.08 Å². The van der Waals surface area contributed by atoms with Gasteiger partial charge in [0, 0.05) is 0 Å². The van der Waals surface area contributed by atoms with E-state index in [0.29, 0.717) is 5.92 Å². The molecule has 0 unspecified atom stereocenters. The fraction of sp³-hybridized carbons (Fsp3) is 0.400. The van der Waals surface area contributed by atoms with Gasteiger partial charge in [-0.25, -0.2) is 0 Å². The summed E-state index contributed by atoms with van der Waals surface area (Å²) >= 11 is 3.35. The molecule has 0 atom stereocenters. The fourth-order valence-electron chi connectivity index (χ4n) is 0.972. The molecule has 1 aromatic heterocycles. The largest absolute Gasteiger partial charge is 0.464 e. The lowest BCUT2D eigenvalue weighted by Crippen LogP contribution is -1.98. The monoisotopic (exact) mass is 244 g/mol. The van der Waals surface area contributed by atoms with Gasteiger partial charge in [-0.2, -0.15) is 0 Å². The van der Waals surface area contributed by atoms with E-state index in [1.54, 1.807) is 6.26 Å². The van der Waals surface area contributed by atoms with Crippen LogP contribution in [0.2, 0.25) is 0 Å². The normalized spacial score (nSPS) is 12.5. The maximum absolute atomic E-state index is 9.06. The molecule has 1 N–H and O–H groups in total. The third-order valence-corrected chi connectivity index (χ3v) is 2.54. The maximum Gasteiger partial charge on any atom is 0.140 e. The van der Waals surface area contributed by atoms with Crippen LogP contribution in [0, 0.1) is 5.92 Å². The topological polar surface area (TPSA) is 33.4 Å². The average molecular weight is 245 g/mol. The van der Waals surface area contributed by atoms with E-state index < -0.39 is 0 Å². The average Bonchev–Trinajstić information content (AvgIpc) is 2.46. The number of rotatable bonds is 3. The Morgan fingerprint density at radius 3 is 2.77 bits per heavy atom. The van der Waals surface area contributed by atoms with Crippen molar-refractivity contribution in [2.75, 3.05) is 6.61 Å². The standard InChI is InChI=1S/C10H13BrO2/c1-7(2)8(6-12)5-10-9(11)3-4-13-10/h3-5,7,12H,6H2,1-2H3/b8-5+. The molecule has 0 bridgehead atoms. The predicted octanol–water partition coefficient (Wildman–Crippen LogP) is 3.07. The zero-order valence-corrected chi connectivity index (χ0v) is 9.34. The number of hydrogen-bond donors (Lipinski definition) is 1. The predicted molar refractivity (Wildman–Crippen MR) is 56.3 cm³/mol. The number of aliphatic hydroxyl groups is 1. The summed E-state index contributed by atoms with van der Waals surface area (Å²) in [7, 11) is 0. The molecule has 2 nitrogen and oxygen atoms in total. The van der Waals surface area contributed by atoms with Gasteiger partial charge in [0.15, 0.2) is 0 Å². The second kappa shape index (κ2) is 4.63. The molecule has 3 heteroatoms. The van der Waals surface area contributed by atoms with E-state index in [2.05, 4.69) is 15.9 Å². The maximum atomic E-state index is 9.06. The van der Waals surface area contributed by atoms with Crippen LogP contribution in [0.5, 0.6) is 0 Å². The van der Waals surface area contributed by atoms with Crippen LogP contribution >= 0.6 is 15.9 Å². The van der Waals surface area contributed by atoms with E-state index in [-0.39, 0.29) is 6.61 Å². The van der Waals surface area contributed by atoms with Gasteiger partial charge in [0.1, 0.15) is 5.76 Å².